The van der Waals surface area contributed by atoms with E-state index in [1.165, 1.54) is 54.7 Å². The highest BCUT2D eigenvalue weighted by Crippen LogP contribution is 2.22. The summed E-state index contributed by atoms with van der Waals surface area (Å²) >= 11 is 0. The van der Waals surface area contributed by atoms with E-state index in [1.54, 1.807) is 0 Å². The molecule has 1 aliphatic heterocycles. The molecule has 1 heterocycles. The van der Waals surface area contributed by atoms with Gasteiger partial charge >= 0.3 is 0 Å². The molecule has 0 bridgehead atoms. The van der Waals surface area contributed by atoms with Crippen LogP contribution in [0.5, 0.6) is 0 Å². The van der Waals surface area contributed by atoms with Crippen LogP contribution < -0.4 is 10.6 Å². The van der Waals surface area contributed by atoms with Gasteiger partial charge in [0.05, 0.1) is 0 Å². The number of nitrogens with one attached hydrogen (secondary N) is 2. The standard InChI is InChI=1S/C16H26N2/c1-12-6-7-16(14(3)13(12)2)18-10-8-15-5-4-9-17-11-15/h6-7,15,17-18H,4-5,8-11H2,1-3H3. The Labute approximate surface area is 111 Å². The molecule has 1 atom stereocenters. The van der Waals surface area contributed by atoms with Crippen molar-refractivity contribution in [1.82, 2.24) is 5.32 Å². The number of piperidine rings is 1. The summed E-state index contributed by atoms with van der Waals surface area (Å²) in [6, 6.07) is 4.43. The lowest BCUT2D eigenvalue weighted by Crippen LogP contribution is -2.30. The SMILES string of the molecule is Cc1ccc(NCCC2CCCNC2)c(C)c1C. The molecule has 0 aromatic heterocycles. The van der Waals surface area contributed by atoms with Gasteiger partial charge in [-0.15, -0.1) is 0 Å². The van der Waals surface area contributed by atoms with Crippen molar-refractivity contribution in [2.75, 3.05) is 25.0 Å². The van der Waals surface area contributed by atoms with Crippen LogP contribution in [-0.2, 0) is 0 Å². The van der Waals surface area contributed by atoms with Gasteiger partial charge in [-0.3, -0.25) is 0 Å². The molecule has 0 saturated carbocycles. The van der Waals surface area contributed by atoms with Crippen LogP contribution in [0.1, 0.15) is 36.0 Å². The predicted octanol–water partition coefficient (Wildman–Crippen LogP) is 3.41. The first-order valence-corrected chi connectivity index (χ1v) is 7.20. The topological polar surface area (TPSA) is 24.1 Å². The Balaban J connectivity index is 1.84. The fourth-order valence-electron chi connectivity index (χ4n) is 2.73. The molecular formula is C16H26N2. The molecule has 0 aliphatic carbocycles. The maximum Gasteiger partial charge on any atom is 0.0372 e. The highest BCUT2D eigenvalue weighted by Gasteiger charge is 2.12. The third-order valence-corrected chi connectivity index (χ3v) is 4.32. The maximum atomic E-state index is 3.60. The highest BCUT2D eigenvalue weighted by molar-refractivity contribution is 5.55. The molecule has 1 fully saturated rings. The van der Waals surface area contributed by atoms with Gasteiger partial charge in [0, 0.05) is 12.2 Å². The lowest BCUT2D eigenvalue weighted by Gasteiger charge is -2.23. The van der Waals surface area contributed by atoms with E-state index >= 15 is 0 Å². The Morgan fingerprint density at radius 2 is 2.06 bits per heavy atom. The minimum absolute atomic E-state index is 0.859. The van der Waals surface area contributed by atoms with Crippen molar-refractivity contribution in [1.29, 1.82) is 0 Å². The van der Waals surface area contributed by atoms with Crippen molar-refractivity contribution in [3.8, 4) is 0 Å². The molecule has 1 saturated heterocycles. The molecule has 1 aliphatic rings. The van der Waals surface area contributed by atoms with E-state index in [0.29, 0.717) is 0 Å². The Morgan fingerprint density at radius 1 is 1.22 bits per heavy atom. The summed E-state index contributed by atoms with van der Waals surface area (Å²) < 4.78 is 0. The van der Waals surface area contributed by atoms with E-state index in [2.05, 4.69) is 43.5 Å². The zero-order valence-electron chi connectivity index (χ0n) is 12.0. The first-order valence-electron chi connectivity index (χ1n) is 7.20. The zero-order valence-corrected chi connectivity index (χ0v) is 12.0. The second-order valence-electron chi connectivity index (χ2n) is 5.61. The van der Waals surface area contributed by atoms with Crippen LogP contribution in [0.4, 0.5) is 5.69 Å². The van der Waals surface area contributed by atoms with Gasteiger partial charge in [0.1, 0.15) is 0 Å². The fraction of sp³-hybridized carbons (Fsp3) is 0.625. The van der Waals surface area contributed by atoms with Gasteiger partial charge in [0.15, 0.2) is 0 Å². The molecule has 0 amide bonds. The molecule has 1 unspecified atom stereocenters. The van der Waals surface area contributed by atoms with Crippen molar-refractivity contribution in [3.05, 3.63) is 28.8 Å². The summed E-state index contributed by atoms with van der Waals surface area (Å²) in [7, 11) is 0. The van der Waals surface area contributed by atoms with Crippen LogP contribution >= 0.6 is 0 Å². The predicted molar refractivity (Wildman–Crippen MR) is 79.4 cm³/mol. The molecule has 2 N–H and O–H groups in total. The van der Waals surface area contributed by atoms with Crippen molar-refractivity contribution in [2.24, 2.45) is 5.92 Å². The van der Waals surface area contributed by atoms with E-state index in [9.17, 15) is 0 Å². The summed E-state index contributed by atoms with van der Waals surface area (Å²) in [6.45, 7) is 10.1. The maximum absolute atomic E-state index is 3.60. The van der Waals surface area contributed by atoms with Crippen LogP contribution in [0, 0.1) is 26.7 Å². The molecule has 2 nitrogen and oxygen atoms in total. The number of aryl methyl sites for hydroxylation is 1. The Kier molecular flexibility index (Phi) is 4.65. The van der Waals surface area contributed by atoms with Crippen molar-refractivity contribution in [2.45, 2.75) is 40.0 Å². The van der Waals surface area contributed by atoms with Crippen LogP contribution in [0.15, 0.2) is 12.1 Å². The number of hydrogen-bond acceptors (Lipinski definition) is 2. The van der Waals surface area contributed by atoms with Crippen LogP contribution in [0.25, 0.3) is 0 Å². The van der Waals surface area contributed by atoms with Crippen molar-refractivity contribution >= 4 is 5.69 Å². The quantitative estimate of drug-likeness (QED) is 0.850. The first-order chi connectivity index (χ1) is 8.68. The minimum atomic E-state index is 0.859. The minimum Gasteiger partial charge on any atom is -0.385 e. The third kappa shape index (κ3) is 3.26. The zero-order chi connectivity index (χ0) is 13.0. The van der Waals surface area contributed by atoms with Crippen LogP contribution in [-0.4, -0.2) is 19.6 Å². The van der Waals surface area contributed by atoms with E-state index in [4.69, 9.17) is 0 Å². The molecular weight excluding hydrogens is 220 g/mol. The van der Waals surface area contributed by atoms with E-state index in [1.807, 2.05) is 0 Å². The molecule has 0 spiro atoms. The lowest BCUT2D eigenvalue weighted by molar-refractivity contribution is 0.364. The average molecular weight is 246 g/mol. The Hall–Kier alpha value is -1.02. The van der Waals surface area contributed by atoms with E-state index in [0.717, 1.165) is 12.5 Å². The molecule has 100 valence electrons. The smallest absolute Gasteiger partial charge is 0.0372 e. The third-order valence-electron chi connectivity index (χ3n) is 4.32. The van der Waals surface area contributed by atoms with E-state index < -0.39 is 0 Å². The number of hydrogen-bond donors (Lipinski definition) is 2. The highest BCUT2D eigenvalue weighted by atomic mass is 14.9. The largest absolute Gasteiger partial charge is 0.385 e. The van der Waals surface area contributed by atoms with E-state index in [-0.39, 0.29) is 0 Å². The van der Waals surface area contributed by atoms with Gasteiger partial charge in [0.25, 0.3) is 0 Å². The first kappa shape index (κ1) is 13.4. The van der Waals surface area contributed by atoms with Gasteiger partial charge in [-0.05, 0) is 81.8 Å². The van der Waals surface area contributed by atoms with Crippen LogP contribution in [0.2, 0.25) is 0 Å². The molecule has 0 radical (unpaired) electrons. The Morgan fingerprint density at radius 3 is 2.78 bits per heavy atom. The summed E-state index contributed by atoms with van der Waals surface area (Å²) in [4.78, 5) is 0. The van der Waals surface area contributed by atoms with Crippen molar-refractivity contribution in [3.63, 3.8) is 0 Å². The second-order valence-corrected chi connectivity index (χ2v) is 5.61. The lowest BCUT2D eigenvalue weighted by atomic mass is 9.96. The number of anilines is 1. The summed E-state index contributed by atoms with van der Waals surface area (Å²) in [6.07, 6.45) is 4.01. The number of benzene rings is 1. The van der Waals surface area contributed by atoms with Gasteiger partial charge in [-0.25, -0.2) is 0 Å². The fourth-order valence-corrected chi connectivity index (χ4v) is 2.73. The molecule has 2 rings (SSSR count). The molecule has 2 heteroatoms. The molecule has 18 heavy (non-hydrogen) atoms. The van der Waals surface area contributed by atoms with Gasteiger partial charge < -0.3 is 10.6 Å². The van der Waals surface area contributed by atoms with Crippen molar-refractivity contribution < 1.29 is 0 Å². The normalized spacial score (nSPS) is 19.8. The van der Waals surface area contributed by atoms with Gasteiger partial charge in [0.2, 0.25) is 0 Å². The van der Waals surface area contributed by atoms with Gasteiger partial charge in [-0.2, -0.15) is 0 Å². The number of rotatable bonds is 4. The second kappa shape index (κ2) is 6.24. The summed E-state index contributed by atoms with van der Waals surface area (Å²) in [5.74, 6) is 0.859. The summed E-state index contributed by atoms with van der Waals surface area (Å²) in [5.41, 5.74) is 5.51. The molecule has 1 aromatic carbocycles. The average Bonchev–Trinajstić information content (AvgIpc) is 2.40. The summed E-state index contributed by atoms with van der Waals surface area (Å²) in [5, 5.41) is 7.08. The monoisotopic (exact) mass is 246 g/mol. The van der Waals surface area contributed by atoms with Crippen LogP contribution in [0.3, 0.4) is 0 Å². The molecule has 1 aromatic rings. The van der Waals surface area contributed by atoms with Gasteiger partial charge in [-0.1, -0.05) is 6.07 Å². The Bertz CT molecular complexity index is 392.